The fourth-order valence-electron chi connectivity index (χ4n) is 7.24. The number of hydrogen-bond acceptors (Lipinski definition) is 5. The largest absolute Gasteiger partial charge is 0.490 e. The number of ether oxygens (including phenoxy) is 3. The number of piperidine rings is 1. The highest BCUT2D eigenvalue weighted by atomic mass is 35.5. The van der Waals surface area contributed by atoms with Crippen molar-refractivity contribution in [1.29, 1.82) is 0 Å². The minimum absolute atomic E-state index is 0.0911. The molecule has 2 spiro atoms. The number of anilines is 1. The van der Waals surface area contributed by atoms with Crippen molar-refractivity contribution in [3.63, 3.8) is 0 Å². The third-order valence-electron chi connectivity index (χ3n) is 9.09. The van der Waals surface area contributed by atoms with Crippen LogP contribution in [0.2, 0.25) is 15.1 Å². The second-order valence-electron chi connectivity index (χ2n) is 11.4. The van der Waals surface area contributed by atoms with Gasteiger partial charge in [-0.05, 0) is 66.4 Å². The highest BCUT2D eigenvalue weighted by Crippen LogP contribution is 2.59. The number of fused-ring (bicyclic) bond motifs is 2. The van der Waals surface area contributed by atoms with Gasteiger partial charge in [-0.3, -0.25) is 9.59 Å². The molecule has 2 saturated heterocycles. The molecule has 1 saturated carbocycles. The van der Waals surface area contributed by atoms with E-state index in [1.54, 1.807) is 30.3 Å². The highest BCUT2D eigenvalue weighted by molar-refractivity contribution is 6.31. The second kappa shape index (κ2) is 10.7. The lowest BCUT2D eigenvalue weighted by atomic mass is 9.59. The zero-order chi connectivity index (χ0) is 29.1. The molecule has 3 aromatic carbocycles. The van der Waals surface area contributed by atoms with Crippen molar-refractivity contribution >= 4 is 52.3 Å². The molecule has 3 aliphatic heterocycles. The van der Waals surface area contributed by atoms with Crippen LogP contribution in [-0.4, -0.2) is 36.9 Å². The van der Waals surface area contributed by atoms with Crippen LogP contribution < -0.4 is 15.4 Å². The molecule has 10 heteroatoms. The van der Waals surface area contributed by atoms with Gasteiger partial charge in [0.2, 0.25) is 11.8 Å². The Kier molecular flexibility index (Phi) is 7.14. The Hall–Kier alpha value is -2.81. The molecule has 2 N–H and O–H groups in total. The van der Waals surface area contributed by atoms with Gasteiger partial charge in [0.15, 0.2) is 5.79 Å². The molecule has 0 aromatic heterocycles. The predicted octanol–water partition coefficient (Wildman–Crippen LogP) is 6.95. The first-order chi connectivity index (χ1) is 20.3. The van der Waals surface area contributed by atoms with Gasteiger partial charge in [-0.2, -0.15) is 0 Å². The second-order valence-corrected chi connectivity index (χ2v) is 12.7. The summed E-state index contributed by atoms with van der Waals surface area (Å²) in [6.45, 7) is 1.22. The monoisotopic (exact) mass is 626 g/mol. The maximum atomic E-state index is 14.4. The van der Waals surface area contributed by atoms with Crippen molar-refractivity contribution in [2.75, 3.05) is 18.5 Å². The van der Waals surface area contributed by atoms with Crippen LogP contribution in [0.1, 0.15) is 60.8 Å². The van der Waals surface area contributed by atoms with Crippen LogP contribution in [0.15, 0.2) is 60.7 Å². The lowest BCUT2D eigenvalue weighted by Gasteiger charge is -2.47. The number of carbonyl (C=O) groups is 2. The van der Waals surface area contributed by atoms with Crippen LogP contribution in [0.5, 0.6) is 5.75 Å². The minimum atomic E-state index is -1.23. The van der Waals surface area contributed by atoms with E-state index in [2.05, 4.69) is 10.6 Å². The number of benzene rings is 3. The predicted molar refractivity (Wildman–Crippen MR) is 160 cm³/mol. The zero-order valence-corrected chi connectivity index (χ0v) is 24.9. The molecule has 3 atom stereocenters. The number of nitrogens with one attached hydrogen (secondary N) is 2. The molecule has 3 fully saturated rings. The summed E-state index contributed by atoms with van der Waals surface area (Å²) in [5, 5.41) is 7.72. The van der Waals surface area contributed by atoms with Gasteiger partial charge in [0.1, 0.15) is 11.2 Å². The smallest absolute Gasteiger partial charge is 0.238 e. The number of hydrogen-bond donors (Lipinski definition) is 2. The summed E-state index contributed by atoms with van der Waals surface area (Å²) < 4.78 is 18.4. The molecule has 1 aliphatic carbocycles. The van der Waals surface area contributed by atoms with Crippen molar-refractivity contribution in [3.05, 3.63) is 92.4 Å². The summed E-state index contributed by atoms with van der Waals surface area (Å²) in [4.78, 5) is 27.8. The molecule has 7 rings (SSSR count). The minimum Gasteiger partial charge on any atom is -0.490 e. The van der Waals surface area contributed by atoms with Crippen molar-refractivity contribution in [2.45, 2.75) is 61.4 Å². The zero-order valence-electron chi connectivity index (χ0n) is 22.6. The lowest BCUT2D eigenvalue weighted by Crippen LogP contribution is -2.57. The van der Waals surface area contributed by atoms with Crippen LogP contribution in [0.4, 0.5) is 5.69 Å². The van der Waals surface area contributed by atoms with Gasteiger partial charge in [0.25, 0.3) is 0 Å². The Labute approximate surface area is 258 Å². The van der Waals surface area contributed by atoms with Crippen LogP contribution in [0.3, 0.4) is 0 Å². The van der Waals surface area contributed by atoms with E-state index in [9.17, 15) is 9.59 Å². The van der Waals surface area contributed by atoms with E-state index >= 15 is 0 Å². The van der Waals surface area contributed by atoms with Crippen molar-refractivity contribution in [2.24, 2.45) is 0 Å². The molecule has 3 aromatic rings. The van der Waals surface area contributed by atoms with Crippen LogP contribution >= 0.6 is 34.8 Å². The maximum Gasteiger partial charge on any atom is 0.238 e. The van der Waals surface area contributed by atoms with Gasteiger partial charge in [0, 0.05) is 51.5 Å². The summed E-state index contributed by atoms with van der Waals surface area (Å²) in [6, 6.07) is 17.3. The van der Waals surface area contributed by atoms with Gasteiger partial charge in [-0.1, -0.05) is 53.0 Å². The molecule has 0 unspecified atom stereocenters. The molecular formula is C32H29Cl3N2O5. The van der Waals surface area contributed by atoms with E-state index in [1.807, 2.05) is 30.3 Å². The Morgan fingerprint density at radius 1 is 0.857 bits per heavy atom. The average Bonchev–Trinajstić information content (AvgIpc) is 3.54. The Bertz CT molecular complexity index is 1570. The van der Waals surface area contributed by atoms with Crippen LogP contribution in [-0.2, 0) is 24.5 Å². The topological polar surface area (TPSA) is 85.9 Å². The van der Waals surface area contributed by atoms with E-state index in [0.717, 1.165) is 36.8 Å². The third kappa shape index (κ3) is 4.66. The van der Waals surface area contributed by atoms with Crippen LogP contribution in [0.25, 0.3) is 0 Å². The molecular weight excluding hydrogens is 599 g/mol. The van der Waals surface area contributed by atoms with Crippen molar-refractivity contribution in [3.8, 4) is 5.75 Å². The standard InChI is InChI=1S/C32H29Cl3N2O5/c33-19-3-1-2-18(14-19)25-17-28(38)37-29(32(25)24-6-4-21(35)16-26(24)36-30(32)39)23-15-20(34)5-7-27(23)42-22-8-10-31(11-9-22)40-12-13-41-31/h1-7,14-16,22,25,29H,8-13,17H2,(H,36,39)(H,37,38)/t25-,29+,32-/m0/s1. The SMILES string of the molecule is O=C1C[C@@H](c2cccc(Cl)c2)[C@]2(C(=O)Nc3cc(Cl)ccc32)[C@@H](c2cc(Cl)ccc2OC2CCC3(CC2)OCCO3)N1. The summed E-state index contributed by atoms with van der Waals surface area (Å²) in [6.07, 6.45) is 2.96. The quantitative estimate of drug-likeness (QED) is 0.327. The molecule has 4 aliphatic rings. The van der Waals surface area contributed by atoms with Gasteiger partial charge in [-0.25, -0.2) is 0 Å². The van der Waals surface area contributed by atoms with Gasteiger partial charge < -0.3 is 24.8 Å². The first-order valence-electron chi connectivity index (χ1n) is 14.2. The normalized spacial score (nSPS) is 26.7. The van der Waals surface area contributed by atoms with E-state index in [1.165, 1.54) is 0 Å². The molecule has 0 bridgehead atoms. The van der Waals surface area contributed by atoms with Gasteiger partial charge in [0.05, 0.1) is 25.4 Å². The first-order valence-corrected chi connectivity index (χ1v) is 15.3. The number of amides is 2. The number of carbonyl (C=O) groups excluding carboxylic acids is 2. The Morgan fingerprint density at radius 3 is 2.33 bits per heavy atom. The first kappa shape index (κ1) is 28.0. The summed E-state index contributed by atoms with van der Waals surface area (Å²) >= 11 is 19.4. The van der Waals surface area contributed by atoms with E-state index in [-0.39, 0.29) is 24.3 Å². The van der Waals surface area contributed by atoms with E-state index < -0.39 is 23.2 Å². The average molecular weight is 628 g/mol. The van der Waals surface area contributed by atoms with E-state index in [4.69, 9.17) is 49.0 Å². The summed E-state index contributed by atoms with van der Waals surface area (Å²) in [7, 11) is 0. The summed E-state index contributed by atoms with van der Waals surface area (Å²) in [5.74, 6) is -0.903. The Morgan fingerprint density at radius 2 is 1.57 bits per heavy atom. The molecule has 2 amide bonds. The molecule has 0 radical (unpaired) electrons. The molecule has 7 nitrogen and oxygen atoms in total. The number of rotatable bonds is 4. The fraction of sp³-hybridized carbons (Fsp3) is 0.375. The molecule has 3 heterocycles. The van der Waals surface area contributed by atoms with Gasteiger partial charge in [-0.15, -0.1) is 0 Å². The fourth-order valence-corrected chi connectivity index (χ4v) is 7.79. The maximum absolute atomic E-state index is 14.4. The number of halogens is 3. The van der Waals surface area contributed by atoms with E-state index in [0.29, 0.717) is 45.3 Å². The Balaban J connectivity index is 1.34. The lowest BCUT2D eigenvalue weighted by molar-refractivity contribution is -0.186. The molecule has 218 valence electrons. The highest BCUT2D eigenvalue weighted by Gasteiger charge is 2.61. The van der Waals surface area contributed by atoms with Gasteiger partial charge >= 0.3 is 0 Å². The van der Waals surface area contributed by atoms with Crippen molar-refractivity contribution < 1.29 is 23.8 Å². The third-order valence-corrected chi connectivity index (χ3v) is 9.79. The van der Waals surface area contributed by atoms with Crippen LogP contribution in [0, 0.1) is 0 Å². The molecule has 42 heavy (non-hydrogen) atoms. The van der Waals surface area contributed by atoms with Crippen molar-refractivity contribution in [1.82, 2.24) is 5.32 Å². The summed E-state index contributed by atoms with van der Waals surface area (Å²) in [5.41, 5.74) is 1.55.